The summed E-state index contributed by atoms with van der Waals surface area (Å²) in [6.07, 6.45) is -9.67. The van der Waals surface area contributed by atoms with Crippen LogP contribution in [0.5, 0.6) is 0 Å². The average molecular weight is 514 g/mol. The van der Waals surface area contributed by atoms with Gasteiger partial charge in [0.15, 0.2) is 11.4 Å². The second kappa shape index (κ2) is 8.86. The minimum Gasteiger partial charge on any atom is -0.295 e. The second-order valence-electron chi connectivity index (χ2n) is 6.75. The van der Waals surface area contributed by atoms with Crippen LogP contribution >= 0.6 is 23.2 Å². The molecule has 0 aliphatic carbocycles. The Morgan fingerprint density at radius 3 is 2.03 bits per heavy atom. The highest BCUT2D eigenvalue weighted by molar-refractivity contribution is 6.37. The molecule has 1 atom stereocenters. The Balaban J connectivity index is 2.24. The van der Waals surface area contributed by atoms with Crippen molar-refractivity contribution in [2.24, 2.45) is 0 Å². The summed E-state index contributed by atoms with van der Waals surface area (Å²) >= 11 is 12.0. The summed E-state index contributed by atoms with van der Waals surface area (Å²) in [5.41, 5.74) is -3.84. The van der Waals surface area contributed by atoms with E-state index in [0.29, 0.717) is 17.8 Å². The molecule has 176 valence electrons. The van der Waals surface area contributed by atoms with Crippen molar-refractivity contribution >= 4 is 34.8 Å². The number of amides is 1. The fourth-order valence-corrected chi connectivity index (χ4v) is 3.62. The molecule has 0 radical (unpaired) electrons. The van der Waals surface area contributed by atoms with Crippen molar-refractivity contribution in [2.75, 3.05) is 4.90 Å². The van der Waals surface area contributed by atoms with E-state index in [-0.39, 0.29) is 20.6 Å². The van der Waals surface area contributed by atoms with E-state index in [1.807, 2.05) is 0 Å². The zero-order chi connectivity index (χ0) is 24.7. The van der Waals surface area contributed by atoms with Crippen LogP contribution in [-0.2, 0) is 6.18 Å². The van der Waals surface area contributed by atoms with Crippen LogP contribution in [0.25, 0.3) is 5.69 Å². The zero-order valence-corrected chi connectivity index (χ0v) is 17.9. The molecule has 33 heavy (non-hydrogen) atoms. The molecule has 0 aliphatic heterocycles. The maximum absolute atomic E-state index is 14.0. The summed E-state index contributed by atoms with van der Waals surface area (Å²) in [6, 6.07) is 4.49. The van der Waals surface area contributed by atoms with Gasteiger partial charge >= 0.3 is 12.4 Å². The third-order valence-corrected chi connectivity index (χ3v) is 5.21. The Hall–Kier alpha value is -2.79. The van der Waals surface area contributed by atoms with Crippen molar-refractivity contribution in [3.63, 3.8) is 0 Å². The number of benzene rings is 2. The number of carbonyl (C=O) groups is 1. The minimum atomic E-state index is -5.24. The molecule has 1 aromatic heterocycles. The summed E-state index contributed by atoms with van der Waals surface area (Å²) in [7, 11) is 0. The number of para-hydroxylation sites is 1. The van der Waals surface area contributed by atoms with Crippen LogP contribution in [0.4, 0.5) is 36.4 Å². The Morgan fingerprint density at radius 1 is 1.00 bits per heavy atom. The number of alkyl halides is 6. The number of hydrogen-bond acceptors (Lipinski definition) is 2. The van der Waals surface area contributed by atoms with Gasteiger partial charge in [-0.1, -0.05) is 29.3 Å². The van der Waals surface area contributed by atoms with Crippen molar-refractivity contribution in [2.45, 2.75) is 25.3 Å². The molecular formula is C20H12Cl2F7N3O. The third-order valence-electron chi connectivity index (χ3n) is 4.60. The number of carbonyl (C=O) groups excluding carboxylic acids is 1. The first-order chi connectivity index (χ1) is 15.2. The van der Waals surface area contributed by atoms with Crippen molar-refractivity contribution < 1.29 is 35.5 Å². The standard InChI is InChI=1S/C20H12Cl2F7N3O/c1-10(19(24,25)26)32(12-7-5-11(23)6-8-12)18(33)15-17(20(27,28)29)31(9-30-15)16-13(21)3-2-4-14(16)22/h2-10H,1H3. The summed E-state index contributed by atoms with van der Waals surface area (Å²) in [5.74, 6) is -2.53. The molecule has 0 spiro atoms. The van der Waals surface area contributed by atoms with E-state index in [2.05, 4.69) is 4.98 Å². The lowest BCUT2D eigenvalue weighted by molar-refractivity contribution is -0.143. The Labute approximate surface area is 192 Å². The molecule has 4 nitrogen and oxygen atoms in total. The SMILES string of the molecule is CC(N(C(=O)c1ncn(-c2c(Cl)cccc2Cl)c1C(F)(F)F)c1ccc(F)cc1)C(F)(F)F. The van der Waals surface area contributed by atoms with Gasteiger partial charge in [0.05, 0.1) is 15.7 Å². The molecule has 13 heteroatoms. The fraction of sp³-hybridized carbons (Fsp3) is 0.200. The fourth-order valence-electron chi connectivity index (χ4n) is 3.04. The lowest BCUT2D eigenvalue weighted by atomic mass is 10.1. The number of aromatic nitrogens is 2. The zero-order valence-electron chi connectivity index (χ0n) is 16.3. The molecule has 0 aliphatic rings. The highest BCUT2D eigenvalue weighted by atomic mass is 35.5. The number of anilines is 1. The lowest BCUT2D eigenvalue weighted by Gasteiger charge is -2.30. The molecule has 3 aromatic rings. The molecule has 1 amide bonds. The van der Waals surface area contributed by atoms with E-state index in [9.17, 15) is 35.5 Å². The maximum Gasteiger partial charge on any atom is 0.434 e. The van der Waals surface area contributed by atoms with Crippen LogP contribution in [-0.4, -0.2) is 27.7 Å². The summed E-state index contributed by atoms with van der Waals surface area (Å²) in [4.78, 5) is 16.6. The molecule has 0 N–H and O–H groups in total. The molecule has 2 aromatic carbocycles. The van der Waals surface area contributed by atoms with Crippen LogP contribution in [0.3, 0.4) is 0 Å². The average Bonchev–Trinajstić information content (AvgIpc) is 3.14. The molecule has 3 rings (SSSR count). The molecule has 1 heterocycles. The first-order valence-corrected chi connectivity index (χ1v) is 9.73. The maximum atomic E-state index is 14.0. The number of rotatable bonds is 4. The number of hydrogen-bond donors (Lipinski definition) is 0. The number of halogens is 9. The molecule has 1 unspecified atom stereocenters. The molecule has 0 bridgehead atoms. The smallest absolute Gasteiger partial charge is 0.295 e. The Bertz CT molecular complexity index is 1150. The summed E-state index contributed by atoms with van der Waals surface area (Å²) < 4.78 is 96.2. The lowest BCUT2D eigenvalue weighted by Crippen LogP contribution is -2.48. The first-order valence-electron chi connectivity index (χ1n) is 8.98. The second-order valence-corrected chi connectivity index (χ2v) is 7.56. The molecular weight excluding hydrogens is 502 g/mol. The largest absolute Gasteiger partial charge is 0.434 e. The van der Waals surface area contributed by atoms with E-state index in [4.69, 9.17) is 23.2 Å². The first kappa shape index (κ1) is 24.8. The van der Waals surface area contributed by atoms with Gasteiger partial charge in [-0.2, -0.15) is 26.3 Å². The van der Waals surface area contributed by atoms with Crippen LogP contribution in [0.1, 0.15) is 23.1 Å². The van der Waals surface area contributed by atoms with Crippen molar-refractivity contribution in [3.8, 4) is 5.69 Å². The van der Waals surface area contributed by atoms with E-state index >= 15 is 0 Å². The van der Waals surface area contributed by atoms with Gasteiger partial charge in [-0.25, -0.2) is 9.37 Å². The van der Waals surface area contributed by atoms with Gasteiger partial charge in [-0.3, -0.25) is 14.3 Å². The van der Waals surface area contributed by atoms with E-state index < -0.39 is 47.2 Å². The van der Waals surface area contributed by atoms with Gasteiger partial charge in [-0.05, 0) is 43.3 Å². The molecule has 0 saturated carbocycles. The summed E-state index contributed by atoms with van der Waals surface area (Å²) in [6.45, 7) is 0.580. The normalized spacial score (nSPS) is 13.2. The van der Waals surface area contributed by atoms with Crippen LogP contribution in [0.15, 0.2) is 48.8 Å². The van der Waals surface area contributed by atoms with Gasteiger partial charge in [-0.15, -0.1) is 0 Å². The minimum absolute atomic E-state index is 0.0650. The van der Waals surface area contributed by atoms with E-state index in [0.717, 1.165) is 24.3 Å². The molecule has 0 fully saturated rings. The van der Waals surface area contributed by atoms with Crippen LogP contribution in [0.2, 0.25) is 10.0 Å². The monoisotopic (exact) mass is 513 g/mol. The highest BCUT2D eigenvalue weighted by Gasteiger charge is 2.47. The number of nitrogens with zero attached hydrogens (tertiary/aromatic N) is 3. The Morgan fingerprint density at radius 2 is 1.55 bits per heavy atom. The Kier molecular flexibility index (Phi) is 6.67. The van der Waals surface area contributed by atoms with Crippen LogP contribution < -0.4 is 4.90 Å². The van der Waals surface area contributed by atoms with Crippen molar-refractivity contribution in [1.82, 2.24) is 9.55 Å². The van der Waals surface area contributed by atoms with Gasteiger partial charge in [0.1, 0.15) is 18.2 Å². The molecule has 0 saturated heterocycles. The van der Waals surface area contributed by atoms with Crippen molar-refractivity contribution in [3.05, 3.63) is 76.0 Å². The highest BCUT2D eigenvalue weighted by Crippen LogP contribution is 2.39. The van der Waals surface area contributed by atoms with Crippen molar-refractivity contribution in [1.29, 1.82) is 0 Å². The van der Waals surface area contributed by atoms with Gasteiger partial charge in [0.25, 0.3) is 5.91 Å². The number of imidazole rings is 1. The third kappa shape index (κ3) is 4.93. The van der Waals surface area contributed by atoms with E-state index in [1.165, 1.54) is 18.2 Å². The predicted molar refractivity (Wildman–Crippen MR) is 107 cm³/mol. The predicted octanol–water partition coefficient (Wildman–Crippen LogP) is 6.93. The quantitative estimate of drug-likeness (QED) is 0.354. The van der Waals surface area contributed by atoms with Gasteiger partial charge < -0.3 is 0 Å². The topological polar surface area (TPSA) is 38.1 Å². The van der Waals surface area contributed by atoms with Crippen LogP contribution in [0, 0.1) is 5.82 Å². The summed E-state index contributed by atoms with van der Waals surface area (Å²) in [5, 5.41) is -0.438. The van der Waals surface area contributed by atoms with Gasteiger partial charge in [0.2, 0.25) is 0 Å². The van der Waals surface area contributed by atoms with Gasteiger partial charge in [0, 0.05) is 5.69 Å². The van der Waals surface area contributed by atoms with E-state index in [1.54, 1.807) is 0 Å².